The van der Waals surface area contributed by atoms with Crippen molar-refractivity contribution in [1.82, 2.24) is 5.32 Å². The zero-order valence-electron chi connectivity index (χ0n) is 11.0. The third-order valence-electron chi connectivity index (χ3n) is 2.56. The van der Waals surface area contributed by atoms with Crippen LogP contribution < -0.4 is 5.32 Å². The standard InChI is InChI=1S/C15H18N2O2/c1-16-9-4-2-3-6-14(12-18)10-13-7-5-8-15(11-13)17-19/h2-3,5,7-8,10-12,16H,4,6,9H2,1H3/b3-2+,14-10+. The monoisotopic (exact) mass is 258 g/mol. The summed E-state index contributed by atoms with van der Waals surface area (Å²) in [5, 5.41) is 5.92. The first-order valence-electron chi connectivity index (χ1n) is 6.19. The molecule has 0 saturated heterocycles. The quantitative estimate of drug-likeness (QED) is 0.256. The maximum Gasteiger partial charge on any atom is 0.146 e. The van der Waals surface area contributed by atoms with Crippen LogP contribution in [-0.2, 0) is 4.79 Å². The molecule has 0 aliphatic heterocycles. The summed E-state index contributed by atoms with van der Waals surface area (Å²) in [5.74, 6) is 0. The van der Waals surface area contributed by atoms with Crippen LogP contribution >= 0.6 is 0 Å². The predicted octanol–water partition coefficient (Wildman–Crippen LogP) is 3.22. The van der Waals surface area contributed by atoms with Gasteiger partial charge in [-0.1, -0.05) is 24.3 Å². The lowest BCUT2D eigenvalue weighted by Gasteiger charge is -1.98. The first-order valence-corrected chi connectivity index (χ1v) is 6.19. The van der Waals surface area contributed by atoms with E-state index in [-0.39, 0.29) is 0 Å². The predicted molar refractivity (Wildman–Crippen MR) is 78.2 cm³/mol. The molecule has 0 unspecified atom stereocenters. The van der Waals surface area contributed by atoms with Gasteiger partial charge in [0.1, 0.15) is 12.0 Å². The molecule has 0 aromatic heterocycles. The summed E-state index contributed by atoms with van der Waals surface area (Å²) in [6.45, 7) is 0.920. The van der Waals surface area contributed by atoms with Gasteiger partial charge < -0.3 is 5.32 Å². The lowest BCUT2D eigenvalue weighted by molar-refractivity contribution is -0.104. The minimum atomic E-state index is 0.364. The number of rotatable bonds is 8. The van der Waals surface area contributed by atoms with E-state index in [1.165, 1.54) is 0 Å². The van der Waals surface area contributed by atoms with E-state index in [1.54, 1.807) is 24.3 Å². The zero-order valence-corrected chi connectivity index (χ0v) is 11.0. The Labute approximate surface area is 113 Å². The molecule has 4 heteroatoms. The molecule has 0 fully saturated rings. The molecule has 0 saturated carbocycles. The molecule has 1 N–H and O–H groups in total. The van der Waals surface area contributed by atoms with E-state index >= 15 is 0 Å². The van der Waals surface area contributed by atoms with Crippen LogP contribution in [-0.4, -0.2) is 19.9 Å². The van der Waals surface area contributed by atoms with Gasteiger partial charge in [0.15, 0.2) is 0 Å². The minimum Gasteiger partial charge on any atom is -0.319 e. The molecule has 1 aromatic rings. The molecule has 1 aromatic carbocycles. The molecule has 1 rings (SSSR count). The van der Waals surface area contributed by atoms with E-state index in [1.807, 2.05) is 25.3 Å². The van der Waals surface area contributed by atoms with Gasteiger partial charge in [0, 0.05) is 0 Å². The van der Waals surface area contributed by atoms with Crippen molar-refractivity contribution in [3.63, 3.8) is 0 Å². The van der Waals surface area contributed by atoms with Crippen molar-refractivity contribution in [3.05, 3.63) is 52.5 Å². The lowest BCUT2D eigenvalue weighted by Crippen LogP contribution is -2.05. The number of allylic oxidation sites excluding steroid dienone is 2. The summed E-state index contributed by atoms with van der Waals surface area (Å²) in [6, 6.07) is 6.86. The van der Waals surface area contributed by atoms with Crippen LogP contribution in [0.2, 0.25) is 0 Å². The Morgan fingerprint density at radius 1 is 1.37 bits per heavy atom. The first kappa shape index (κ1) is 15.0. The molecule has 0 bridgehead atoms. The molecule has 0 amide bonds. The summed E-state index contributed by atoms with van der Waals surface area (Å²) in [4.78, 5) is 21.4. The minimum absolute atomic E-state index is 0.364. The number of hydrogen-bond donors (Lipinski definition) is 1. The summed E-state index contributed by atoms with van der Waals surface area (Å²) in [7, 11) is 1.90. The van der Waals surface area contributed by atoms with Crippen LogP contribution in [0.15, 0.2) is 47.2 Å². The molecule has 0 radical (unpaired) electrons. The van der Waals surface area contributed by atoms with E-state index < -0.39 is 0 Å². The molecule has 0 aliphatic rings. The van der Waals surface area contributed by atoms with Crippen LogP contribution in [0.25, 0.3) is 6.08 Å². The number of nitrogens with zero attached hydrogens (tertiary/aromatic N) is 1. The Morgan fingerprint density at radius 2 is 2.21 bits per heavy atom. The lowest BCUT2D eigenvalue weighted by atomic mass is 10.1. The molecule has 0 spiro atoms. The Morgan fingerprint density at radius 3 is 2.89 bits per heavy atom. The van der Waals surface area contributed by atoms with Crippen LogP contribution in [0.1, 0.15) is 18.4 Å². The maximum absolute atomic E-state index is 11.0. The average Bonchev–Trinajstić information content (AvgIpc) is 2.46. The van der Waals surface area contributed by atoms with E-state index in [9.17, 15) is 9.70 Å². The van der Waals surface area contributed by atoms with Crippen molar-refractivity contribution in [1.29, 1.82) is 0 Å². The smallest absolute Gasteiger partial charge is 0.146 e. The summed E-state index contributed by atoms with van der Waals surface area (Å²) in [5.41, 5.74) is 1.84. The highest BCUT2D eigenvalue weighted by atomic mass is 16.3. The van der Waals surface area contributed by atoms with Crippen molar-refractivity contribution in [3.8, 4) is 0 Å². The number of carbonyl (C=O) groups excluding carboxylic acids is 1. The van der Waals surface area contributed by atoms with Crippen LogP contribution in [0.4, 0.5) is 5.69 Å². The topological polar surface area (TPSA) is 58.5 Å². The molecular formula is C15H18N2O2. The molecule has 0 aliphatic carbocycles. The molecule has 4 nitrogen and oxygen atoms in total. The normalized spacial score (nSPS) is 11.7. The van der Waals surface area contributed by atoms with Crippen LogP contribution in [0, 0.1) is 4.91 Å². The van der Waals surface area contributed by atoms with E-state index in [0.717, 1.165) is 24.8 Å². The van der Waals surface area contributed by atoms with Gasteiger partial charge in [0.2, 0.25) is 0 Å². The largest absolute Gasteiger partial charge is 0.319 e. The third kappa shape index (κ3) is 5.88. The summed E-state index contributed by atoms with van der Waals surface area (Å²) >= 11 is 0. The second-order valence-corrected chi connectivity index (χ2v) is 4.09. The molecule has 0 heterocycles. The van der Waals surface area contributed by atoms with Gasteiger partial charge in [-0.25, -0.2) is 0 Å². The van der Waals surface area contributed by atoms with E-state index in [4.69, 9.17) is 0 Å². The Balaban J connectivity index is 2.67. The summed E-state index contributed by atoms with van der Waals surface area (Å²) < 4.78 is 0. The third-order valence-corrected chi connectivity index (χ3v) is 2.56. The van der Waals surface area contributed by atoms with Crippen molar-refractivity contribution < 1.29 is 4.79 Å². The molecule has 0 atom stereocenters. The Bertz CT molecular complexity index is 479. The highest BCUT2D eigenvalue weighted by Crippen LogP contribution is 2.16. The number of nitrogens with one attached hydrogen (secondary N) is 1. The van der Waals surface area contributed by atoms with Crippen molar-refractivity contribution >= 4 is 18.0 Å². The van der Waals surface area contributed by atoms with Gasteiger partial charge in [0.05, 0.1) is 0 Å². The van der Waals surface area contributed by atoms with Gasteiger partial charge in [-0.15, -0.1) is 4.91 Å². The van der Waals surface area contributed by atoms with Crippen molar-refractivity contribution in [2.45, 2.75) is 12.8 Å². The zero-order chi connectivity index (χ0) is 13.9. The molecule has 19 heavy (non-hydrogen) atoms. The highest BCUT2D eigenvalue weighted by molar-refractivity contribution is 5.82. The number of carbonyl (C=O) groups is 1. The number of nitroso groups, excluding NO2 is 1. The fourth-order valence-electron chi connectivity index (χ4n) is 1.59. The second kappa shape index (κ2) is 8.94. The average molecular weight is 258 g/mol. The van der Waals surface area contributed by atoms with E-state index in [0.29, 0.717) is 17.7 Å². The van der Waals surface area contributed by atoms with E-state index in [2.05, 4.69) is 10.5 Å². The number of hydrogen-bond acceptors (Lipinski definition) is 4. The van der Waals surface area contributed by atoms with Gasteiger partial charge in [0.25, 0.3) is 0 Å². The second-order valence-electron chi connectivity index (χ2n) is 4.09. The number of aldehydes is 1. The maximum atomic E-state index is 11.0. The van der Waals surface area contributed by atoms with Gasteiger partial charge in [-0.3, -0.25) is 4.79 Å². The highest BCUT2D eigenvalue weighted by Gasteiger charge is 1.96. The van der Waals surface area contributed by atoms with Crippen LogP contribution in [0.3, 0.4) is 0 Å². The Hall–Kier alpha value is -2.07. The van der Waals surface area contributed by atoms with Crippen LogP contribution in [0.5, 0.6) is 0 Å². The first-order chi connectivity index (χ1) is 9.30. The number of benzene rings is 1. The van der Waals surface area contributed by atoms with Crippen molar-refractivity contribution in [2.24, 2.45) is 5.18 Å². The fraction of sp³-hybridized carbons (Fsp3) is 0.267. The fourth-order valence-corrected chi connectivity index (χ4v) is 1.59. The molecule has 100 valence electrons. The summed E-state index contributed by atoms with van der Waals surface area (Å²) in [6.07, 6.45) is 8.14. The van der Waals surface area contributed by atoms with Crippen molar-refractivity contribution in [2.75, 3.05) is 13.6 Å². The van der Waals surface area contributed by atoms with Gasteiger partial charge in [-0.2, -0.15) is 0 Å². The SMILES string of the molecule is CNCC/C=C/C/C(C=O)=C\c1cccc(N=O)c1. The van der Waals surface area contributed by atoms with Gasteiger partial charge >= 0.3 is 0 Å². The van der Waals surface area contributed by atoms with Gasteiger partial charge in [-0.05, 0) is 61.0 Å². The molecular weight excluding hydrogens is 240 g/mol. The Kier molecular flexibility index (Phi) is 7.05.